The van der Waals surface area contributed by atoms with Gasteiger partial charge in [0, 0.05) is 12.3 Å². The number of aromatic nitrogens is 1. The van der Waals surface area contributed by atoms with E-state index in [0.717, 1.165) is 18.4 Å². The Morgan fingerprint density at radius 2 is 2.07 bits per heavy atom. The molecule has 1 saturated carbocycles. The molecule has 76 valence electrons. The smallest absolute Gasteiger partial charge is 0.213 e. The first-order chi connectivity index (χ1) is 6.95. The average Bonchev–Trinajstić information content (AvgIpc) is 2.29. The van der Waals surface area contributed by atoms with Crippen LogP contribution < -0.4 is 4.74 Å². The number of hydrogen-bond acceptors (Lipinski definition) is 2. The molecule has 0 aliphatic heterocycles. The van der Waals surface area contributed by atoms with E-state index in [1.54, 1.807) is 6.20 Å². The molecule has 0 aromatic carbocycles. The molecule has 1 aromatic rings. The second-order valence-corrected chi connectivity index (χ2v) is 3.98. The fourth-order valence-corrected chi connectivity index (χ4v) is 1.99. The summed E-state index contributed by atoms with van der Waals surface area (Å²) in [6.07, 6.45) is 8.57. The van der Waals surface area contributed by atoms with Crippen molar-refractivity contribution in [3.63, 3.8) is 0 Å². The van der Waals surface area contributed by atoms with Gasteiger partial charge in [0.15, 0.2) is 0 Å². The minimum Gasteiger partial charge on any atom is -0.477 e. The molecule has 0 atom stereocenters. The highest BCUT2D eigenvalue weighted by Gasteiger charge is 2.13. The molecular formula is C12H17NO. The minimum absolute atomic E-state index is 0.755. The van der Waals surface area contributed by atoms with Crippen molar-refractivity contribution < 1.29 is 4.74 Å². The van der Waals surface area contributed by atoms with Gasteiger partial charge in [0.1, 0.15) is 0 Å². The molecule has 0 saturated heterocycles. The monoisotopic (exact) mass is 191 g/mol. The highest BCUT2D eigenvalue weighted by atomic mass is 16.5. The second-order valence-electron chi connectivity index (χ2n) is 3.98. The summed E-state index contributed by atoms with van der Waals surface area (Å²) in [7, 11) is 0. The van der Waals surface area contributed by atoms with Gasteiger partial charge in [-0.3, -0.25) is 0 Å². The lowest BCUT2D eigenvalue weighted by Gasteiger charge is -2.21. The van der Waals surface area contributed by atoms with Crippen LogP contribution in [0.4, 0.5) is 0 Å². The Bertz CT molecular complexity index is 254. The van der Waals surface area contributed by atoms with Gasteiger partial charge in [-0.2, -0.15) is 0 Å². The summed E-state index contributed by atoms with van der Waals surface area (Å²) in [6.45, 7) is 0.844. The molecule has 0 radical (unpaired) electrons. The van der Waals surface area contributed by atoms with E-state index < -0.39 is 0 Å². The lowest BCUT2D eigenvalue weighted by molar-refractivity contribution is 0.203. The molecule has 2 nitrogen and oxygen atoms in total. The number of nitrogens with zero attached hydrogens (tertiary/aromatic N) is 1. The highest BCUT2D eigenvalue weighted by Crippen LogP contribution is 2.23. The van der Waals surface area contributed by atoms with Crippen LogP contribution in [0.3, 0.4) is 0 Å². The van der Waals surface area contributed by atoms with Gasteiger partial charge in [-0.25, -0.2) is 4.98 Å². The van der Waals surface area contributed by atoms with Crippen molar-refractivity contribution in [3.05, 3.63) is 24.4 Å². The summed E-state index contributed by atoms with van der Waals surface area (Å²) in [6, 6.07) is 5.79. The molecule has 1 aliphatic rings. The molecule has 2 rings (SSSR count). The molecule has 0 amide bonds. The van der Waals surface area contributed by atoms with E-state index in [0.29, 0.717) is 0 Å². The number of pyridine rings is 1. The Balaban J connectivity index is 1.76. The third kappa shape index (κ3) is 2.72. The Hall–Kier alpha value is -1.05. The predicted molar refractivity (Wildman–Crippen MR) is 56.3 cm³/mol. The third-order valence-electron chi connectivity index (χ3n) is 2.83. The molecule has 0 bridgehead atoms. The van der Waals surface area contributed by atoms with E-state index in [1.165, 1.54) is 32.1 Å². The molecule has 1 aromatic heterocycles. The van der Waals surface area contributed by atoms with E-state index in [1.807, 2.05) is 18.2 Å². The van der Waals surface area contributed by atoms with Gasteiger partial charge in [0.05, 0.1) is 6.61 Å². The van der Waals surface area contributed by atoms with Gasteiger partial charge in [0.2, 0.25) is 5.88 Å². The largest absolute Gasteiger partial charge is 0.477 e. The SMILES string of the molecule is c1ccc(OCC2CCCCC2)nc1. The van der Waals surface area contributed by atoms with Crippen molar-refractivity contribution in [2.75, 3.05) is 6.61 Å². The summed E-state index contributed by atoms with van der Waals surface area (Å²) in [5, 5.41) is 0. The number of hydrogen-bond donors (Lipinski definition) is 0. The van der Waals surface area contributed by atoms with Crippen LogP contribution >= 0.6 is 0 Å². The third-order valence-corrected chi connectivity index (χ3v) is 2.83. The summed E-state index contributed by atoms with van der Waals surface area (Å²) in [5.74, 6) is 1.52. The van der Waals surface area contributed by atoms with Crippen molar-refractivity contribution in [1.82, 2.24) is 4.98 Å². The second kappa shape index (κ2) is 4.99. The standard InChI is InChI=1S/C12H17NO/c1-2-6-11(7-3-1)10-14-12-8-4-5-9-13-12/h4-5,8-9,11H,1-3,6-7,10H2. The molecule has 0 spiro atoms. The van der Waals surface area contributed by atoms with E-state index in [2.05, 4.69) is 4.98 Å². The number of rotatable bonds is 3. The van der Waals surface area contributed by atoms with Crippen LogP contribution in [0.25, 0.3) is 0 Å². The first kappa shape index (κ1) is 9.50. The fraction of sp³-hybridized carbons (Fsp3) is 0.583. The molecule has 0 unspecified atom stereocenters. The van der Waals surface area contributed by atoms with Crippen molar-refractivity contribution in [2.24, 2.45) is 5.92 Å². The summed E-state index contributed by atoms with van der Waals surface area (Å²) >= 11 is 0. The zero-order valence-electron chi connectivity index (χ0n) is 8.48. The zero-order valence-corrected chi connectivity index (χ0v) is 8.48. The Labute approximate surface area is 85.3 Å². The maximum absolute atomic E-state index is 5.63. The van der Waals surface area contributed by atoms with Crippen LogP contribution in [0.5, 0.6) is 5.88 Å². The molecule has 1 heterocycles. The van der Waals surface area contributed by atoms with E-state index in [9.17, 15) is 0 Å². The van der Waals surface area contributed by atoms with Crippen LogP contribution in [0.15, 0.2) is 24.4 Å². The molecule has 2 heteroatoms. The topological polar surface area (TPSA) is 22.1 Å². The summed E-state index contributed by atoms with van der Waals surface area (Å²) in [4.78, 5) is 4.14. The predicted octanol–water partition coefficient (Wildman–Crippen LogP) is 3.04. The lowest BCUT2D eigenvalue weighted by atomic mass is 9.90. The van der Waals surface area contributed by atoms with Crippen LogP contribution in [-0.4, -0.2) is 11.6 Å². The van der Waals surface area contributed by atoms with Crippen molar-refractivity contribution >= 4 is 0 Å². The molecule has 1 fully saturated rings. The Kier molecular flexibility index (Phi) is 3.39. The quantitative estimate of drug-likeness (QED) is 0.732. The maximum atomic E-state index is 5.63. The van der Waals surface area contributed by atoms with Crippen molar-refractivity contribution in [1.29, 1.82) is 0 Å². The van der Waals surface area contributed by atoms with Gasteiger partial charge in [-0.15, -0.1) is 0 Å². The zero-order chi connectivity index (χ0) is 9.64. The first-order valence-corrected chi connectivity index (χ1v) is 5.49. The van der Waals surface area contributed by atoms with Crippen LogP contribution in [-0.2, 0) is 0 Å². The average molecular weight is 191 g/mol. The van der Waals surface area contributed by atoms with E-state index in [4.69, 9.17) is 4.74 Å². The molecule has 1 aliphatic carbocycles. The van der Waals surface area contributed by atoms with Crippen molar-refractivity contribution in [2.45, 2.75) is 32.1 Å². The van der Waals surface area contributed by atoms with Crippen LogP contribution in [0, 0.1) is 5.92 Å². The Morgan fingerprint density at radius 1 is 1.21 bits per heavy atom. The normalized spacial score (nSPS) is 18.0. The molecule has 14 heavy (non-hydrogen) atoms. The summed E-state index contributed by atoms with van der Waals surface area (Å²) < 4.78 is 5.63. The summed E-state index contributed by atoms with van der Waals surface area (Å²) in [5.41, 5.74) is 0. The van der Waals surface area contributed by atoms with E-state index in [-0.39, 0.29) is 0 Å². The van der Waals surface area contributed by atoms with Gasteiger partial charge < -0.3 is 4.74 Å². The lowest BCUT2D eigenvalue weighted by Crippen LogP contribution is -2.15. The Morgan fingerprint density at radius 3 is 2.79 bits per heavy atom. The molecular weight excluding hydrogens is 174 g/mol. The van der Waals surface area contributed by atoms with Crippen molar-refractivity contribution in [3.8, 4) is 5.88 Å². The maximum Gasteiger partial charge on any atom is 0.213 e. The van der Waals surface area contributed by atoms with Gasteiger partial charge >= 0.3 is 0 Å². The van der Waals surface area contributed by atoms with E-state index >= 15 is 0 Å². The van der Waals surface area contributed by atoms with Crippen LogP contribution in [0.1, 0.15) is 32.1 Å². The fourth-order valence-electron chi connectivity index (χ4n) is 1.99. The van der Waals surface area contributed by atoms with Gasteiger partial charge in [0.25, 0.3) is 0 Å². The minimum atomic E-state index is 0.755. The van der Waals surface area contributed by atoms with Crippen LogP contribution in [0.2, 0.25) is 0 Å². The van der Waals surface area contributed by atoms with Gasteiger partial charge in [-0.1, -0.05) is 25.3 Å². The van der Waals surface area contributed by atoms with Gasteiger partial charge in [-0.05, 0) is 24.8 Å². The highest BCUT2D eigenvalue weighted by molar-refractivity contribution is 5.09. The first-order valence-electron chi connectivity index (χ1n) is 5.49. The molecule has 0 N–H and O–H groups in total. The number of ether oxygens (including phenoxy) is 1.